The Hall–Kier alpha value is -2.55. The van der Waals surface area contributed by atoms with Crippen LogP contribution in [0.2, 0.25) is 0 Å². The van der Waals surface area contributed by atoms with E-state index in [9.17, 15) is 9.59 Å². The van der Waals surface area contributed by atoms with Gasteiger partial charge >= 0.3 is 5.97 Å². The molecule has 1 unspecified atom stereocenters. The van der Waals surface area contributed by atoms with E-state index in [4.69, 9.17) is 10.00 Å². The third-order valence-corrected chi connectivity index (χ3v) is 2.63. The predicted octanol–water partition coefficient (Wildman–Crippen LogP) is 2.29. The van der Waals surface area contributed by atoms with Gasteiger partial charge in [0.05, 0.1) is 12.6 Å². The van der Waals surface area contributed by atoms with Gasteiger partial charge in [0.1, 0.15) is 6.10 Å². The third-order valence-electron chi connectivity index (χ3n) is 2.63. The van der Waals surface area contributed by atoms with Gasteiger partial charge in [-0.1, -0.05) is 6.07 Å². The topological polar surface area (TPSA) is 91.2 Å². The van der Waals surface area contributed by atoms with Crippen molar-refractivity contribution in [2.75, 3.05) is 17.2 Å². The molecule has 0 aromatic heterocycles. The fourth-order valence-electron chi connectivity index (χ4n) is 1.80. The first kappa shape index (κ1) is 16.5. The Morgan fingerprint density at radius 2 is 2.05 bits per heavy atom. The van der Waals surface area contributed by atoms with Crippen LogP contribution in [0, 0.1) is 11.3 Å². The molecule has 0 saturated heterocycles. The second-order valence-electron chi connectivity index (χ2n) is 4.57. The summed E-state index contributed by atoms with van der Waals surface area (Å²) in [6, 6.07) is 9.26. The minimum absolute atomic E-state index is 0.140. The number of hydrogen-bond donors (Lipinski definition) is 2. The van der Waals surface area contributed by atoms with Crippen LogP contribution in [-0.2, 0) is 14.3 Å². The number of benzene rings is 1. The van der Waals surface area contributed by atoms with Crippen LogP contribution in [0.1, 0.15) is 26.7 Å². The van der Waals surface area contributed by atoms with Gasteiger partial charge in [-0.25, -0.2) is 0 Å². The van der Waals surface area contributed by atoms with Gasteiger partial charge in [0, 0.05) is 31.6 Å². The third kappa shape index (κ3) is 6.97. The molecule has 0 spiro atoms. The van der Waals surface area contributed by atoms with Crippen LogP contribution in [0.4, 0.5) is 11.4 Å². The van der Waals surface area contributed by atoms with Crippen molar-refractivity contribution in [1.82, 2.24) is 0 Å². The quantitative estimate of drug-likeness (QED) is 0.751. The molecule has 21 heavy (non-hydrogen) atoms. The summed E-state index contributed by atoms with van der Waals surface area (Å²) in [5, 5.41) is 14.4. The van der Waals surface area contributed by atoms with E-state index >= 15 is 0 Å². The van der Waals surface area contributed by atoms with Crippen molar-refractivity contribution in [1.29, 1.82) is 5.26 Å². The van der Waals surface area contributed by atoms with Gasteiger partial charge in [-0.3, -0.25) is 9.59 Å². The maximum absolute atomic E-state index is 11.0. The summed E-state index contributed by atoms with van der Waals surface area (Å²) in [4.78, 5) is 22.0. The second kappa shape index (κ2) is 8.59. The highest BCUT2D eigenvalue weighted by atomic mass is 16.5. The van der Waals surface area contributed by atoms with Gasteiger partial charge in [-0.05, 0) is 24.6 Å². The standard InChI is InChI=1S/C15H19N3O3/c1-11(19)18-14-6-3-5-13(9-14)17-10-15(7-4-8-16)21-12(2)20/h3,5-6,9,15,17H,4,7,10H2,1-2H3,(H,18,19). The number of ether oxygens (including phenoxy) is 1. The van der Waals surface area contributed by atoms with Crippen molar-refractivity contribution >= 4 is 23.3 Å². The molecule has 1 aromatic rings. The normalized spacial score (nSPS) is 11.1. The molecule has 6 nitrogen and oxygen atoms in total. The smallest absolute Gasteiger partial charge is 0.302 e. The summed E-state index contributed by atoms with van der Waals surface area (Å²) in [7, 11) is 0. The monoisotopic (exact) mass is 289 g/mol. The maximum Gasteiger partial charge on any atom is 0.302 e. The summed E-state index contributed by atoms with van der Waals surface area (Å²) in [6.45, 7) is 3.19. The number of nitriles is 1. The van der Waals surface area contributed by atoms with Crippen molar-refractivity contribution in [3.8, 4) is 6.07 Å². The lowest BCUT2D eigenvalue weighted by Crippen LogP contribution is -2.25. The zero-order chi connectivity index (χ0) is 15.7. The van der Waals surface area contributed by atoms with Gasteiger partial charge < -0.3 is 15.4 Å². The molecule has 0 bridgehead atoms. The molecule has 6 heteroatoms. The molecule has 1 rings (SSSR count). The minimum Gasteiger partial charge on any atom is -0.461 e. The summed E-state index contributed by atoms with van der Waals surface area (Å²) < 4.78 is 5.15. The summed E-state index contributed by atoms with van der Waals surface area (Å²) in [6.07, 6.45) is 0.451. The lowest BCUT2D eigenvalue weighted by molar-refractivity contribution is -0.145. The van der Waals surface area contributed by atoms with E-state index in [0.29, 0.717) is 25.1 Å². The number of hydrogen-bond acceptors (Lipinski definition) is 5. The van der Waals surface area contributed by atoms with Crippen LogP contribution in [-0.4, -0.2) is 24.5 Å². The Bertz CT molecular complexity index is 537. The van der Waals surface area contributed by atoms with E-state index < -0.39 is 0 Å². The molecule has 0 aliphatic heterocycles. The Labute approximate surface area is 124 Å². The van der Waals surface area contributed by atoms with E-state index in [1.165, 1.54) is 13.8 Å². The average Bonchev–Trinajstić information content (AvgIpc) is 2.41. The van der Waals surface area contributed by atoms with E-state index in [1.807, 2.05) is 18.2 Å². The van der Waals surface area contributed by atoms with Crippen LogP contribution < -0.4 is 10.6 Å². The number of rotatable bonds is 7. The molecule has 0 aliphatic carbocycles. The number of anilines is 2. The van der Waals surface area contributed by atoms with Crippen molar-refractivity contribution in [2.24, 2.45) is 0 Å². The highest BCUT2D eigenvalue weighted by molar-refractivity contribution is 5.89. The maximum atomic E-state index is 11.0. The molecule has 112 valence electrons. The number of carbonyl (C=O) groups is 2. The average molecular weight is 289 g/mol. The zero-order valence-electron chi connectivity index (χ0n) is 12.2. The molecule has 1 atom stereocenters. The van der Waals surface area contributed by atoms with E-state index in [1.54, 1.807) is 12.1 Å². The fraction of sp³-hybridized carbons (Fsp3) is 0.400. The van der Waals surface area contributed by atoms with Crippen LogP contribution >= 0.6 is 0 Å². The molecule has 1 aromatic carbocycles. The molecule has 0 aliphatic rings. The van der Waals surface area contributed by atoms with Gasteiger partial charge in [0.25, 0.3) is 0 Å². The summed E-state index contributed by atoms with van der Waals surface area (Å²) in [5.74, 6) is -0.509. The largest absolute Gasteiger partial charge is 0.461 e. The van der Waals surface area contributed by atoms with Crippen LogP contribution in [0.15, 0.2) is 24.3 Å². The predicted molar refractivity (Wildman–Crippen MR) is 79.6 cm³/mol. The molecule has 0 heterocycles. The number of esters is 1. The molecule has 0 radical (unpaired) electrons. The molecule has 0 saturated carbocycles. The first-order chi connectivity index (χ1) is 10.0. The summed E-state index contributed by atoms with van der Waals surface area (Å²) >= 11 is 0. The Morgan fingerprint density at radius 3 is 2.67 bits per heavy atom. The van der Waals surface area contributed by atoms with Crippen LogP contribution in [0.3, 0.4) is 0 Å². The summed E-state index contributed by atoms with van der Waals surface area (Å²) in [5.41, 5.74) is 1.49. The molecule has 2 N–H and O–H groups in total. The number of carbonyl (C=O) groups excluding carboxylic acids is 2. The first-order valence-electron chi connectivity index (χ1n) is 6.67. The van der Waals surface area contributed by atoms with Crippen molar-refractivity contribution in [3.63, 3.8) is 0 Å². The number of amides is 1. The number of nitrogens with zero attached hydrogens (tertiary/aromatic N) is 1. The van der Waals surface area contributed by atoms with Gasteiger partial charge in [-0.15, -0.1) is 0 Å². The van der Waals surface area contributed by atoms with Crippen LogP contribution in [0.5, 0.6) is 0 Å². The van der Waals surface area contributed by atoms with Crippen molar-refractivity contribution in [3.05, 3.63) is 24.3 Å². The first-order valence-corrected chi connectivity index (χ1v) is 6.67. The highest BCUT2D eigenvalue weighted by Gasteiger charge is 2.11. The lowest BCUT2D eigenvalue weighted by atomic mass is 10.2. The van der Waals surface area contributed by atoms with Crippen molar-refractivity contribution < 1.29 is 14.3 Å². The molecular formula is C15H19N3O3. The SMILES string of the molecule is CC(=O)Nc1cccc(NCC(CCC#N)OC(C)=O)c1. The van der Waals surface area contributed by atoms with E-state index in [2.05, 4.69) is 10.6 Å². The molecule has 0 fully saturated rings. The zero-order valence-corrected chi connectivity index (χ0v) is 12.2. The minimum atomic E-state index is -0.369. The van der Waals surface area contributed by atoms with Gasteiger partial charge in [0.2, 0.25) is 5.91 Å². The van der Waals surface area contributed by atoms with E-state index in [-0.39, 0.29) is 18.0 Å². The van der Waals surface area contributed by atoms with Crippen LogP contribution in [0.25, 0.3) is 0 Å². The highest BCUT2D eigenvalue weighted by Crippen LogP contribution is 2.15. The lowest BCUT2D eigenvalue weighted by Gasteiger charge is -2.17. The molecular weight excluding hydrogens is 270 g/mol. The Balaban J connectivity index is 2.60. The fourth-order valence-corrected chi connectivity index (χ4v) is 1.80. The Morgan fingerprint density at radius 1 is 1.33 bits per heavy atom. The Kier molecular flexibility index (Phi) is 6.75. The molecule has 1 amide bonds. The van der Waals surface area contributed by atoms with Gasteiger partial charge in [0.15, 0.2) is 0 Å². The van der Waals surface area contributed by atoms with Crippen molar-refractivity contribution in [2.45, 2.75) is 32.8 Å². The number of nitrogens with one attached hydrogen (secondary N) is 2. The van der Waals surface area contributed by atoms with E-state index in [0.717, 1.165) is 5.69 Å². The van der Waals surface area contributed by atoms with Gasteiger partial charge in [-0.2, -0.15) is 5.26 Å². The second-order valence-corrected chi connectivity index (χ2v) is 4.57.